The number of likely N-dealkylation sites (tertiary alicyclic amines) is 1. The summed E-state index contributed by atoms with van der Waals surface area (Å²) in [6, 6.07) is 9.37. The molecule has 0 atom stereocenters. The molecular weight excluding hydrogens is 475 g/mol. The standard InChI is InChI=1S/C28H29FN4O4/c1-16-12-20(29)23(15-24(16)35)31-22-4-8-30-27-26(22)25(36)14-19-13-18(2-3-21(19)32-27)28(37)33-9-5-17(6-10-33)7-11-34/h2-4,8,12-13,15,17,34-35H,5-7,9-11,14H2,1H3,(H2,30,31,32). The second-order valence-corrected chi connectivity index (χ2v) is 9.67. The number of aliphatic hydroxyl groups excluding tert-OH is 1. The second-order valence-electron chi connectivity index (χ2n) is 9.67. The number of anilines is 4. The van der Waals surface area contributed by atoms with Crippen molar-refractivity contribution in [3.8, 4) is 5.75 Å². The third-order valence-electron chi connectivity index (χ3n) is 7.18. The fourth-order valence-electron chi connectivity index (χ4n) is 5.02. The van der Waals surface area contributed by atoms with Crippen molar-refractivity contribution < 1.29 is 24.2 Å². The first-order chi connectivity index (χ1) is 17.8. The van der Waals surface area contributed by atoms with E-state index in [2.05, 4.69) is 15.6 Å². The quantitative estimate of drug-likeness (QED) is 0.398. The number of piperidine rings is 1. The molecule has 2 aliphatic heterocycles. The van der Waals surface area contributed by atoms with E-state index in [1.807, 2.05) is 4.90 Å². The van der Waals surface area contributed by atoms with Gasteiger partial charge >= 0.3 is 0 Å². The first kappa shape index (κ1) is 24.7. The van der Waals surface area contributed by atoms with E-state index in [-0.39, 0.29) is 41.7 Å². The molecule has 1 aromatic heterocycles. The number of aromatic nitrogens is 1. The zero-order valence-electron chi connectivity index (χ0n) is 20.6. The van der Waals surface area contributed by atoms with Gasteiger partial charge in [0, 0.05) is 49.6 Å². The highest BCUT2D eigenvalue weighted by Crippen LogP contribution is 2.36. The number of halogens is 1. The number of aryl methyl sites for hydroxylation is 1. The molecule has 0 bridgehead atoms. The molecule has 1 amide bonds. The van der Waals surface area contributed by atoms with Crippen molar-refractivity contribution in [1.29, 1.82) is 0 Å². The van der Waals surface area contributed by atoms with Gasteiger partial charge in [0.2, 0.25) is 0 Å². The summed E-state index contributed by atoms with van der Waals surface area (Å²) >= 11 is 0. The van der Waals surface area contributed by atoms with Gasteiger partial charge in [0.25, 0.3) is 5.91 Å². The molecule has 0 unspecified atom stereocenters. The van der Waals surface area contributed by atoms with E-state index in [0.717, 1.165) is 19.3 Å². The van der Waals surface area contributed by atoms with Crippen LogP contribution in [0.25, 0.3) is 0 Å². The van der Waals surface area contributed by atoms with Crippen LogP contribution in [0.3, 0.4) is 0 Å². The Morgan fingerprint density at radius 3 is 2.73 bits per heavy atom. The number of phenolic OH excluding ortho intramolecular Hbond substituents is 1. The Morgan fingerprint density at radius 1 is 1.19 bits per heavy atom. The SMILES string of the molecule is Cc1cc(F)c(Nc2ccnc3c2C(=O)Cc2cc(C(=O)N4CCC(CCO)CC4)ccc2N3)cc1O. The summed E-state index contributed by atoms with van der Waals surface area (Å²) in [6.45, 7) is 3.06. The van der Waals surface area contributed by atoms with Crippen LogP contribution in [-0.2, 0) is 6.42 Å². The molecule has 37 heavy (non-hydrogen) atoms. The molecule has 8 nitrogen and oxygen atoms in total. The van der Waals surface area contributed by atoms with Crippen LogP contribution >= 0.6 is 0 Å². The second kappa shape index (κ2) is 10.2. The van der Waals surface area contributed by atoms with Crippen molar-refractivity contribution in [2.24, 2.45) is 5.92 Å². The number of carbonyl (C=O) groups excluding carboxylic acids is 2. The molecule has 1 fully saturated rings. The van der Waals surface area contributed by atoms with Gasteiger partial charge in [-0.15, -0.1) is 0 Å². The molecule has 0 spiro atoms. The van der Waals surface area contributed by atoms with Gasteiger partial charge in [-0.1, -0.05) is 0 Å². The number of hydrogen-bond acceptors (Lipinski definition) is 7. The molecule has 3 heterocycles. The number of carbonyl (C=O) groups is 2. The number of fused-ring (bicyclic) bond motifs is 2. The van der Waals surface area contributed by atoms with E-state index in [4.69, 9.17) is 5.11 Å². The van der Waals surface area contributed by atoms with Crippen LogP contribution < -0.4 is 10.6 Å². The fraction of sp³-hybridized carbons (Fsp3) is 0.321. The van der Waals surface area contributed by atoms with Gasteiger partial charge in [0.15, 0.2) is 5.78 Å². The largest absolute Gasteiger partial charge is 0.508 e. The lowest BCUT2D eigenvalue weighted by atomic mass is 9.93. The molecule has 0 saturated carbocycles. The van der Waals surface area contributed by atoms with E-state index in [9.17, 15) is 19.1 Å². The normalized spacial score (nSPS) is 15.4. The number of rotatable bonds is 5. The number of amides is 1. The van der Waals surface area contributed by atoms with Crippen LogP contribution in [0.5, 0.6) is 5.75 Å². The number of aromatic hydroxyl groups is 1. The number of hydrogen-bond donors (Lipinski definition) is 4. The monoisotopic (exact) mass is 504 g/mol. The zero-order valence-corrected chi connectivity index (χ0v) is 20.6. The van der Waals surface area contributed by atoms with Gasteiger partial charge in [0.05, 0.1) is 16.9 Å². The number of aliphatic hydroxyl groups is 1. The summed E-state index contributed by atoms with van der Waals surface area (Å²) in [4.78, 5) is 32.7. The molecule has 1 saturated heterocycles. The summed E-state index contributed by atoms with van der Waals surface area (Å²) in [6.07, 6.45) is 4.05. The van der Waals surface area contributed by atoms with Crippen LogP contribution in [0.15, 0.2) is 42.6 Å². The van der Waals surface area contributed by atoms with Crippen molar-refractivity contribution in [2.75, 3.05) is 30.3 Å². The van der Waals surface area contributed by atoms with E-state index < -0.39 is 5.82 Å². The minimum atomic E-state index is -0.554. The maximum Gasteiger partial charge on any atom is 0.253 e. The topological polar surface area (TPSA) is 115 Å². The fourth-order valence-corrected chi connectivity index (χ4v) is 5.02. The summed E-state index contributed by atoms with van der Waals surface area (Å²) < 4.78 is 14.5. The van der Waals surface area contributed by atoms with Crippen LogP contribution in [0, 0.1) is 18.7 Å². The minimum Gasteiger partial charge on any atom is -0.508 e. The van der Waals surface area contributed by atoms with Crippen LogP contribution in [0.4, 0.5) is 27.3 Å². The minimum absolute atomic E-state index is 0.0387. The molecule has 0 aliphatic carbocycles. The highest BCUT2D eigenvalue weighted by Gasteiger charge is 2.27. The van der Waals surface area contributed by atoms with Crippen molar-refractivity contribution in [3.63, 3.8) is 0 Å². The van der Waals surface area contributed by atoms with E-state index in [0.29, 0.717) is 52.9 Å². The summed E-state index contributed by atoms with van der Waals surface area (Å²) in [5.41, 5.74) is 2.95. The molecule has 0 radical (unpaired) electrons. The van der Waals surface area contributed by atoms with Gasteiger partial charge in [-0.25, -0.2) is 9.37 Å². The molecular formula is C28H29FN4O4. The number of ketones is 1. The van der Waals surface area contributed by atoms with Crippen molar-refractivity contribution in [3.05, 3.63) is 70.7 Å². The lowest BCUT2D eigenvalue weighted by molar-refractivity contribution is 0.0677. The van der Waals surface area contributed by atoms with E-state index in [1.165, 1.54) is 18.3 Å². The number of phenols is 1. The highest BCUT2D eigenvalue weighted by atomic mass is 19.1. The van der Waals surface area contributed by atoms with Gasteiger partial charge in [-0.2, -0.15) is 0 Å². The van der Waals surface area contributed by atoms with Gasteiger partial charge in [0.1, 0.15) is 17.4 Å². The molecule has 2 aliphatic rings. The summed E-state index contributed by atoms with van der Waals surface area (Å²) in [5.74, 6) is -0.153. The Morgan fingerprint density at radius 2 is 1.97 bits per heavy atom. The zero-order chi connectivity index (χ0) is 26.1. The molecule has 192 valence electrons. The van der Waals surface area contributed by atoms with Gasteiger partial charge in [-0.3, -0.25) is 9.59 Å². The maximum absolute atomic E-state index is 14.5. The molecule has 4 N–H and O–H groups in total. The predicted octanol–water partition coefficient (Wildman–Crippen LogP) is 4.70. The Hall–Kier alpha value is -3.98. The van der Waals surface area contributed by atoms with Crippen LogP contribution in [0.2, 0.25) is 0 Å². The third kappa shape index (κ3) is 4.99. The Kier molecular flexibility index (Phi) is 6.80. The summed E-state index contributed by atoms with van der Waals surface area (Å²) in [7, 11) is 0. The number of pyridine rings is 1. The van der Waals surface area contributed by atoms with Crippen molar-refractivity contribution in [2.45, 2.75) is 32.6 Å². The number of nitrogens with zero attached hydrogens (tertiary/aromatic N) is 2. The maximum atomic E-state index is 14.5. The third-order valence-corrected chi connectivity index (χ3v) is 7.18. The number of nitrogens with one attached hydrogen (secondary N) is 2. The van der Waals surface area contributed by atoms with Crippen molar-refractivity contribution in [1.82, 2.24) is 9.88 Å². The lowest BCUT2D eigenvalue weighted by Gasteiger charge is -2.32. The Bertz CT molecular complexity index is 1370. The van der Waals surface area contributed by atoms with Crippen LogP contribution in [0.1, 0.15) is 51.1 Å². The lowest BCUT2D eigenvalue weighted by Crippen LogP contribution is -2.38. The van der Waals surface area contributed by atoms with Crippen LogP contribution in [-0.4, -0.2) is 51.5 Å². The average Bonchev–Trinajstić information content (AvgIpc) is 3.03. The highest BCUT2D eigenvalue weighted by molar-refractivity contribution is 6.09. The first-order valence-electron chi connectivity index (χ1n) is 12.4. The average molecular weight is 505 g/mol. The van der Waals surface area contributed by atoms with Crippen molar-refractivity contribution >= 4 is 34.6 Å². The Labute approximate surface area is 214 Å². The van der Waals surface area contributed by atoms with E-state index in [1.54, 1.807) is 31.2 Å². The first-order valence-corrected chi connectivity index (χ1v) is 12.4. The molecule has 2 aromatic carbocycles. The molecule has 5 rings (SSSR count). The predicted molar refractivity (Wildman–Crippen MR) is 138 cm³/mol. The summed E-state index contributed by atoms with van der Waals surface area (Å²) in [5, 5.41) is 25.3. The molecule has 3 aromatic rings. The van der Waals surface area contributed by atoms with Gasteiger partial charge in [-0.05, 0) is 73.6 Å². The smallest absolute Gasteiger partial charge is 0.253 e. The van der Waals surface area contributed by atoms with Gasteiger partial charge < -0.3 is 25.7 Å². The molecule has 9 heteroatoms. The Balaban J connectivity index is 1.39. The number of benzene rings is 2. The number of Topliss-reactive ketones (excluding diaryl/α,β-unsaturated/α-hetero) is 1. The van der Waals surface area contributed by atoms with E-state index >= 15 is 0 Å².